The van der Waals surface area contributed by atoms with E-state index >= 15 is 0 Å². The number of nitrogens with one attached hydrogen (secondary N) is 1. The third-order valence-corrected chi connectivity index (χ3v) is 6.95. The van der Waals surface area contributed by atoms with Crippen molar-refractivity contribution in [2.45, 2.75) is 31.5 Å². The monoisotopic (exact) mass is 470 g/mol. The number of aliphatic hydroxyl groups excluding tert-OH is 1. The Morgan fingerprint density at radius 2 is 1.94 bits per heavy atom. The molecule has 2 fully saturated rings. The van der Waals surface area contributed by atoms with E-state index in [-0.39, 0.29) is 5.91 Å². The summed E-state index contributed by atoms with van der Waals surface area (Å²) in [6.45, 7) is 1.71. The molecule has 178 valence electrons. The van der Waals surface area contributed by atoms with Crippen LogP contribution in [0.5, 0.6) is 11.6 Å². The van der Waals surface area contributed by atoms with Gasteiger partial charge in [-0.25, -0.2) is 4.98 Å². The normalized spacial score (nSPS) is 19.9. The summed E-state index contributed by atoms with van der Waals surface area (Å²) in [5.74, 6) is 1.05. The van der Waals surface area contributed by atoms with Crippen molar-refractivity contribution < 1.29 is 14.6 Å². The maximum absolute atomic E-state index is 11.9. The number of nitrogens with zero attached hydrogens (tertiary/aromatic N) is 5. The summed E-state index contributed by atoms with van der Waals surface area (Å²) >= 11 is 0. The molecule has 0 saturated carbocycles. The number of fused-ring (bicyclic) bond motifs is 3. The largest absolute Gasteiger partial charge is 0.439 e. The number of rotatable bonds is 6. The van der Waals surface area contributed by atoms with Crippen LogP contribution in [0.3, 0.4) is 0 Å². The van der Waals surface area contributed by atoms with Crippen molar-refractivity contribution >= 4 is 16.8 Å². The molecular weight excluding hydrogens is 444 g/mol. The van der Waals surface area contributed by atoms with E-state index in [9.17, 15) is 9.90 Å². The first-order valence-corrected chi connectivity index (χ1v) is 11.8. The van der Waals surface area contributed by atoms with E-state index < -0.39 is 6.61 Å². The highest BCUT2D eigenvalue weighted by molar-refractivity contribution is 5.80. The number of hydrogen-bond donors (Lipinski definition) is 2. The van der Waals surface area contributed by atoms with E-state index in [0.717, 1.165) is 47.2 Å². The van der Waals surface area contributed by atoms with Crippen LogP contribution in [-0.2, 0) is 11.3 Å². The number of hydrogen-bond acceptors (Lipinski definition) is 7. The van der Waals surface area contributed by atoms with Crippen LogP contribution in [0.4, 0.5) is 0 Å². The van der Waals surface area contributed by atoms with Gasteiger partial charge in [0.05, 0.1) is 16.9 Å². The van der Waals surface area contributed by atoms with Gasteiger partial charge < -0.3 is 14.7 Å². The number of aromatic nitrogens is 4. The van der Waals surface area contributed by atoms with Gasteiger partial charge in [0.15, 0.2) is 0 Å². The molecule has 2 saturated heterocycles. The highest BCUT2D eigenvalue weighted by Gasteiger charge is 2.41. The van der Waals surface area contributed by atoms with Gasteiger partial charge in [-0.15, -0.1) is 0 Å². The molecule has 2 aliphatic heterocycles. The van der Waals surface area contributed by atoms with E-state index in [1.807, 2.05) is 36.4 Å². The minimum Gasteiger partial charge on any atom is -0.439 e. The van der Waals surface area contributed by atoms with E-state index in [4.69, 9.17) is 9.72 Å². The van der Waals surface area contributed by atoms with Crippen LogP contribution in [0.2, 0.25) is 0 Å². The zero-order chi connectivity index (χ0) is 23.8. The van der Waals surface area contributed by atoms with Crippen molar-refractivity contribution in [1.29, 1.82) is 0 Å². The first-order chi connectivity index (χ1) is 17.2. The third kappa shape index (κ3) is 4.36. The van der Waals surface area contributed by atoms with Crippen LogP contribution in [0.1, 0.15) is 18.5 Å². The summed E-state index contributed by atoms with van der Waals surface area (Å²) in [5.41, 5.74) is 3.78. The van der Waals surface area contributed by atoms with Crippen LogP contribution in [0, 0.1) is 0 Å². The van der Waals surface area contributed by atoms with Crippen molar-refractivity contribution in [2.75, 3.05) is 19.7 Å². The van der Waals surface area contributed by atoms with Crippen molar-refractivity contribution in [3.8, 4) is 22.9 Å². The Balaban J connectivity index is 1.14. The van der Waals surface area contributed by atoms with Crippen molar-refractivity contribution in [3.05, 3.63) is 66.6 Å². The molecule has 9 heteroatoms. The fraction of sp³-hybridized carbons (Fsp3) is 0.308. The smallest absolute Gasteiger partial charge is 0.248 e. The fourth-order valence-corrected chi connectivity index (χ4v) is 5.17. The number of carbonyl (C=O) groups is 1. The second-order valence-electron chi connectivity index (χ2n) is 9.13. The molecule has 2 aliphatic rings. The van der Waals surface area contributed by atoms with Gasteiger partial charge in [-0.1, -0.05) is 6.07 Å². The Bertz CT molecular complexity index is 1330. The number of aromatic amines is 1. The highest BCUT2D eigenvalue weighted by Crippen LogP contribution is 2.32. The molecule has 5 heterocycles. The minimum atomic E-state index is -0.413. The molecule has 2 unspecified atom stereocenters. The summed E-state index contributed by atoms with van der Waals surface area (Å²) in [5, 5.41) is 17.1. The topological polar surface area (TPSA) is 107 Å². The van der Waals surface area contributed by atoms with Gasteiger partial charge in [0.25, 0.3) is 0 Å². The number of pyridine rings is 2. The number of ether oxygens (including phenoxy) is 1. The van der Waals surface area contributed by atoms with E-state index in [1.54, 1.807) is 17.3 Å². The number of amides is 1. The lowest BCUT2D eigenvalue weighted by atomic mass is 10.1. The maximum atomic E-state index is 11.9. The predicted octanol–water partition coefficient (Wildman–Crippen LogP) is 2.98. The standard InChI is InChI=1S/C26H26N6O3/c33-16-26(34)31-14-20-4-5-21(15-31)32(20)13-19-3-1-17-11-22(6-7-23(17)29-19)35-25-8-2-18(12-27-25)24-9-10-28-30-24/h1-3,6-12,20-21,33H,4-5,13-16H2,(H,28,30). The number of benzene rings is 1. The zero-order valence-electron chi connectivity index (χ0n) is 19.2. The number of H-pyrrole nitrogens is 1. The van der Waals surface area contributed by atoms with E-state index in [0.29, 0.717) is 36.8 Å². The molecule has 3 aromatic heterocycles. The third-order valence-electron chi connectivity index (χ3n) is 6.95. The molecule has 35 heavy (non-hydrogen) atoms. The summed E-state index contributed by atoms with van der Waals surface area (Å²) in [6, 6.07) is 16.3. The summed E-state index contributed by atoms with van der Waals surface area (Å²) in [7, 11) is 0. The van der Waals surface area contributed by atoms with Crippen LogP contribution in [0.15, 0.2) is 60.9 Å². The quantitative estimate of drug-likeness (QED) is 0.446. The van der Waals surface area contributed by atoms with Gasteiger partial charge in [0.1, 0.15) is 12.4 Å². The second kappa shape index (κ2) is 9.09. The van der Waals surface area contributed by atoms with E-state index in [1.165, 1.54) is 0 Å². The summed E-state index contributed by atoms with van der Waals surface area (Å²) in [4.78, 5) is 25.5. The van der Waals surface area contributed by atoms with Gasteiger partial charge in [0.2, 0.25) is 11.8 Å². The van der Waals surface area contributed by atoms with Gasteiger partial charge in [0, 0.05) is 61.1 Å². The van der Waals surface area contributed by atoms with E-state index in [2.05, 4.69) is 32.2 Å². The van der Waals surface area contributed by atoms with Crippen LogP contribution in [-0.4, -0.2) is 72.8 Å². The number of carbonyl (C=O) groups excluding carboxylic acids is 1. The Morgan fingerprint density at radius 1 is 1.09 bits per heavy atom. The molecule has 0 spiro atoms. The lowest BCUT2D eigenvalue weighted by molar-refractivity contribution is -0.137. The van der Waals surface area contributed by atoms with Crippen LogP contribution in [0.25, 0.3) is 22.2 Å². The predicted molar refractivity (Wildman–Crippen MR) is 130 cm³/mol. The summed E-state index contributed by atoms with van der Waals surface area (Å²) < 4.78 is 5.96. The van der Waals surface area contributed by atoms with Crippen LogP contribution < -0.4 is 4.74 Å². The molecule has 2 bridgehead atoms. The lowest BCUT2D eigenvalue weighted by Gasteiger charge is -2.40. The average Bonchev–Trinajstić information content (AvgIpc) is 3.49. The molecule has 6 rings (SSSR count). The number of aliphatic hydroxyl groups is 1. The second-order valence-corrected chi connectivity index (χ2v) is 9.13. The Kier molecular flexibility index (Phi) is 5.63. The first-order valence-electron chi connectivity index (χ1n) is 11.8. The van der Waals surface area contributed by atoms with Crippen LogP contribution >= 0.6 is 0 Å². The maximum Gasteiger partial charge on any atom is 0.248 e. The highest BCUT2D eigenvalue weighted by atomic mass is 16.5. The first kappa shape index (κ1) is 21.7. The number of piperazine rings is 1. The lowest BCUT2D eigenvalue weighted by Crippen LogP contribution is -2.55. The molecule has 1 amide bonds. The average molecular weight is 471 g/mol. The Hall–Kier alpha value is -3.82. The van der Waals surface area contributed by atoms with Gasteiger partial charge in [-0.3, -0.25) is 19.8 Å². The molecule has 2 atom stereocenters. The molecule has 2 N–H and O–H groups in total. The van der Waals surface area contributed by atoms with Gasteiger partial charge in [-0.05, 0) is 49.2 Å². The molecule has 0 radical (unpaired) electrons. The summed E-state index contributed by atoms with van der Waals surface area (Å²) in [6.07, 6.45) is 5.61. The minimum absolute atomic E-state index is 0.174. The Labute approximate surface area is 202 Å². The Morgan fingerprint density at radius 3 is 2.66 bits per heavy atom. The van der Waals surface area contributed by atoms with Gasteiger partial charge in [-0.2, -0.15) is 5.10 Å². The molecular formula is C26H26N6O3. The van der Waals surface area contributed by atoms with Gasteiger partial charge >= 0.3 is 0 Å². The fourth-order valence-electron chi connectivity index (χ4n) is 5.17. The van der Waals surface area contributed by atoms with Crippen molar-refractivity contribution in [3.63, 3.8) is 0 Å². The molecule has 1 aromatic carbocycles. The number of likely N-dealkylation sites (tertiary alicyclic amines) is 1. The molecule has 4 aromatic rings. The van der Waals surface area contributed by atoms with Crippen molar-refractivity contribution in [2.24, 2.45) is 0 Å². The zero-order valence-corrected chi connectivity index (χ0v) is 19.2. The van der Waals surface area contributed by atoms with Crippen molar-refractivity contribution in [1.82, 2.24) is 30.0 Å². The molecule has 0 aliphatic carbocycles. The molecule has 9 nitrogen and oxygen atoms in total. The SMILES string of the molecule is O=C(CO)N1CC2CCC(C1)N2Cc1ccc2cc(Oc3ccc(-c4ccn[nH]4)cn3)ccc2n1.